The van der Waals surface area contributed by atoms with Crippen LogP contribution in [0.1, 0.15) is 30.4 Å². The van der Waals surface area contributed by atoms with Crippen LogP contribution in [0.4, 0.5) is 5.69 Å². The van der Waals surface area contributed by atoms with Crippen LogP contribution in [0, 0.1) is 5.92 Å². The number of para-hydroxylation sites is 1. The summed E-state index contributed by atoms with van der Waals surface area (Å²) in [6.07, 6.45) is 6.63. The van der Waals surface area contributed by atoms with Gasteiger partial charge in [-0.05, 0) is 62.4 Å². The van der Waals surface area contributed by atoms with Crippen molar-refractivity contribution in [3.63, 3.8) is 0 Å². The highest BCUT2D eigenvalue weighted by molar-refractivity contribution is 5.46. The van der Waals surface area contributed by atoms with Gasteiger partial charge in [0, 0.05) is 24.0 Å². The van der Waals surface area contributed by atoms with Crippen LogP contribution in [0.25, 0.3) is 0 Å². The first-order chi connectivity index (χ1) is 11.8. The maximum Gasteiger partial charge on any atom is 0.217 e. The Balaban J connectivity index is 1.47. The van der Waals surface area contributed by atoms with Crippen LogP contribution in [-0.2, 0) is 13.0 Å². The molecule has 0 saturated carbocycles. The molecule has 0 aliphatic carbocycles. The van der Waals surface area contributed by atoms with Gasteiger partial charge in [0.25, 0.3) is 0 Å². The lowest BCUT2D eigenvalue weighted by Crippen LogP contribution is -2.33. The van der Waals surface area contributed by atoms with Crippen molar-refractivity contribution in [2.45, 2.75) is 32.2 Å². The Morgan fingerprint density at radius 2 is 1.88 bits per heavy atom. The second kappa shape index (κ2) is 8.15. The summed E-state index contributed by atoms with van der Waals surface area (Å²) in [5, 5.41) is 0. The van der Waals surface area contributed by atoms with Crippen LogP contribution < -0.4 is 10.5 Å². The Morgan fingerprint density at radius 1 is 1.12 bits per heavy atom. The van der Waals surface area contributed by atoms with Crippen molar-refractivity contribution in [1.29, 1.82) is 0 Å². The third-order valence-electron chi connectivity index (χ3n) is 5.02. The van der Waals surface area contributed by atoms with Crippen molar-refractivity contribution >= 4 is 5.69 Å². The standard InChI is InChI=1S/C20H27N3O/c1-24-20-18(6-4-12-22-20)15-23-13-10-16(11-14-23)8-9-17-5-2-3-7-19(17)21/h2-7,12,16H,8-11,13-15,21H2,1H3. The van der Waals surface area contributed by atoms with Gasteiger partial charge in [0.15, 0.2) is 0 Å². The van der Waals surface area contributed by atoms with Gasteiger partial charge < -0.3 is 10.5 Å². The molecular formula is C20H27N3O. The molecule has 0 amide bonds. The number of rotatable bonds is 6. The highest BCUT2D eigenvalue weighted by Crippen LogP contribution is 2.26. The number of hydrogen-bond donors (Lipinski definition) is 1. The molecule has 1 aromatic carbocycles. The zero-order chi connectivity index (χ0) is 16.8. The summed E-state index contributed by atoms with van der Waals surface area (Å²) in [6.45, 7) is 3.22. The van der Waals surface area contributed by atoms with Crippen LogP contribution in [-0.4, -0.2) is 30.1 Å². The Hall–Kier alpha value is -2.07. The maximum atomic E-state index is 6.05. The van der Waals surface area contributed by atoms with Crippen molar-refractivity contribution in [1.82, 2.24) is 9.88 Å². The van der Waals surface area contributed by atoms with Gasteiger partial charge in [0.2, 0.25) is 5.88 Å². The van der Waals surface area contributed by atoms with E-state index in [1.165, 1.54) is 30.4 Å². The molecule has 24 heavy (non-hydrogen) atoms. The molecule has 3 rings (SSSR count). The first-order valence-electron chi connectivity index (χ1n) is 8.80. The smallest absolute Gasteiger partial charge is 0.217 e. The van der Waals surface area contributed by atoms with E-state index in [1.807, 2.05) is 18.2 Å². The summed E-state index contributed by atoms with van der Waals surface area (Å²) in [6, 6.07) is 12.3. The number of pyridine rings is 1. The predicted molar refractivity (Wildman–Crippen MR) is 98.0 cm³/mol. The maximum absolute atomic E-state index is 6.05. The Labute approximate surface area is 144 Å². The molecule has 4 heteroatoms. The average Bonchev–Trinajstić information content (AvgIpc) is 2.63. The van der Waals surface area contributed by atoms with Gasteiger partial charge in [0.1, 0.15) is 0 Å². The van der Waals surface area contributed by atoms with Gasteiger partial charge in [-0.15, -0.1) is 0 Å². The molecular weight excluding hydrogens is 298 g/mol. The Morgan fingerprint density at radius 3 is 2.62 bits per heavy atom. The summed E-state index contributed by atoms with van der Waals surface area (Å²) in [4.78, 5) is 6.80. The minimum atomic E-state index is 0.749. The topological polar surface area (TPSA) is 51.4 Å². The molecule has 2 aromatic rings. The van der Waals surface area contributed by atoms with Gasteiger partial charge in [0.05, 0.1) is 7.11 Å². The van der Waals surface area contributed by atoms with E-state index >= 15 is 0 Å². The first-order valence-corrected chi connectivity index (χ1v) is 8.80. The van der Waals surface area contributed by atoms with E-state index in [-0.39, 0.29) is 0 Å². The quantitative estimate of drug-likeness (QED) is 0.826. The van der Waals surface area contributed by atoms with E-state index in [4.69, 9.17) is 10.5 Å². The molecule has 4 nitrogen and oxygen atoms in total. The molecule has 1 aliphatic heterocycles. The number of aromatic nitrogens is 1. The Bertz CT molecular complexity index is 651. The number of nitrogens with zero attached hydrogens (tertiary/aromatic N) is 2. The molecule has 0 atom stereocenters. The van der Waals surface area contributed by atoms with E-state index in [2.05, 4.69) is 28.1 Å². The minimum absolute atomic E-state index is 0.749. The highest BCUT2D eigenvalue weighted by Gasteiger charge is 2.20. The average molecular weight is 325 g/mol. The number of nitrogen functional groups attached to an aromatic ring is 1. The lowest BCUT2D eigenvalue weighted by molar-refractivity contribution is 0.170. The first kappa shape index (κ1) is 16.8. The highest BCUT2D eigenvalue weighted by atomic mass is 16.5. The van der Waals surface area contributed by atoms with Crippen molar-refractivity contribution in [2.75, 3.05) is 25.9 Å². The second-order valence-electron chi connectivity index (χ2n) is 6.63. The number of aryl methyl sites for hydroxylation is 1. The predicted octanol–water partition coefficient (Wildman–Crippen LogP) is 3.52. The van der Waals surface area contributed by atoms with Crippen molar-refractivity contribution in [2.24, 2.45) is 5.92 Å². The molecule has 1 aromatic heterocycles. The lowest BCUT2D eigenvalue weighted by atomic mass is 9.90. The summed E-state index contributed by atoms with van der Waals surface area (Å²) < 4.78 is 5.36. The van der Waals surface area contributed by atoms with E-state index in [1.54, 1.807) is 13.3 Å². The molecule has 0 radical (unpaired) electrons. The largest absolute Gasteiger partial charge is 0.481 e. The summed E-state index contributed by atoms with van der Waals surface area (Å²) in [7, 11) is 1.69. The van der Waals surface area contributed by atoms with Gasteiger partial charge in [-0.2, -0.15) is 0 Å². The van der Waals surface area contributed by atoms with Crippen molar-refractivity contribution in [3.05, 3.63) is 53.7 Å². The van der Waals surface area contributed by atoms with Crippen molar-refractivity contribution in [3.8, 4) is 5.88 Å². The number of ether oxygens (including phenoxy) is 1. The van der Waals surface area contributed by atoms with Crippen LogP contribution in [0.5, 0.6) is 5.88 Å². The SMILES string of the molecule is COc1ncccc1CN1CCC(CCc2ccccc2N)CC1. The van der Waals surface area contributed by atoms with Crippen LogP contribution in [0.15, 0.2) is 42.6 Å². The molecule has 0 spiro atoms. The third-order valence-corrected chi connectivity index (χ3v) is 5.02. The van der Waals surface area contributed by atoms with E-state index < -0.39 is 0 Å². The summed E-state index contributed by atoms with van der Waals surface area (Å²) in [5.41, 5.74) is 9.44. The molecule has 1 aliphatic rings. The second-order valence-corrected chi connectivity index (χ2v) is 6.63. The number of hydrogen-bond acceptors (Lipinski definition) is 4. The number of likely N-dealkylation sites (tertiary alicyclic amines) is 1. The molecule has 128 valence electrons. The number of nitrogens with two attached hydrogens (primary N) is 1. The molecule has 1 fully saturated rings. The number of piperidine rings is 1. The van der Waals surface area contributed by atoms with Crippen molar-refractivity contribution < 1.29 is 4.74 Å². The monoisotopic (exact) mass is 325 g/mol. The zero-order valence-corrected chi connectivity index (χ0v) is 14.4. The van der Waals surface area contributed by atoms with E-state index in [0.717, 1.165) is 43.5 Å². The zero-order valence-electron chi connectivity index (χ0n) is 14.4. The fraction of sp³-hybridized carbons (Fsp3) is 0.450. The molecule has 2 heterocycles. The molecule has 0 bridgehead atoms. The number of benzene rings is 1. The lowest BCUT2D eigenvalue weighted by Gasteiger charge is -2.32. The van der Waals surface area contributed by atoms with Crippen LogP contribution in [0.2, 0.25) is 0 Å². The van der Waals surface area contributed by atoms with E-state index in [9.17, 15) is 0 Å². The van der Waals surface area contributed by atoms with Gasteiger partial charge in [-0.25, -0.2) is 4.98 Å². The third kappa shape index (κ3) is 4.26. The molecule has 1 saturated heterocycles. The van der Waals surface area contributed by atoms with E-state index in [0.29, 0.717) is 0 Å². The van der Waals surface area contributed by atoms with Crippen LogP contribution >= 0.6 is 0 Å². The Kier molecular flexibility index (Phi) is 5.70. The normalized spacial score (nSPS) is 16.2. The summed E-state index contributed by atoms with van der Waals surface area (Å²) in [5.74, 6) is 1.55. The van der Waals surface area contributed by atoms with Gasteiger partial charge >= 0.3 is 0 Å². The van der Waals surface area contributed by atoms with Gasteiger partial charge in [-0.1, -0.05) is 24.3 Å². The fourth-order valence-corrected chi connectivity index (χ4v) is 3.52. The minimum Gasteiger partial charge on any atom is -0.481 e. The molecule has 2 N–H and O–H groups in total. The van der Waals surface area contributed by atoms with Crippen LogP contribution in [0.3, 0.4) is 0 Å². The van der Waals surface area contributed by atoms with Gasteiger partial charge in [-0.3, -0.25) is 4.90 Å². The number of methoxy groups -OCH3 is 1. The summed E-state index contributed by atoms with van der Waals surface area (Å²) >= 11 is 0. The fourth-order valence-electron chi connectivity index (χ4n) is 3.52. The number of anilines is 1. The molecule has 0 unspecified atom stereocenters.